The summed E-state index contributed by atoms with van der Waals surface area (Å²) in [5.41, 5.74) is 9.55. The highest BCUT2D eigenvalue weighted by Gasteiger charge is 2.36. The van der Waals surface area contributed by atoms with Crippen LogP contribution in [0, 0.1) is 17.8 Å². The van der Waals surface area contributed by atoms with Gasteiger partial charge in [-0.2, -0.15) is 36.3 Å². The second-order valence-electron chi connectivity index (χ2n) is 34.7. The number of halogens is 6. The monoisotopic (exact) mass is 1700 g/mol. The van der Waals surface area contributed by atoms with Crippen LogP contribution < -0.4 is 24.9 Å². The van der Waals surface area contributed by atoms with Crippen molar-refractivity contribution in [3.63, 3.8) is 0 Å². The van der Waals surface area contributed by atoms with Gasteiger partial charge in [-0.05, 0) is 138 Å². The highest BCUT2D eigenvalue weighted by molar-refractivity contribution is 7.17. The molecule has 16 rings (SSSR count). The molecule has 0 bridgehead atoms. The Bertz CT molecular complexity index is 5090. The van der Waals surface area contributed by atoms with Crippen molar-refractivity contribution in [2.45, 2.75) is 144 Å². The fraction of sp³-hybridized carbons (Fsp3) is 0.489. The number of anilines is 4. The van der Waals surface area contributed by atoms with Crippen molar-refractivity contribution in [3.8, 4) is 0 Å². The van der Waals surface area contributed by atoms with Crippen LogP contribution in [0.1, 0.15) is 152 Å². The van der Waals surface area contributed by atoms with Gasteiger partial charge < -0.3 is 49.3 Å². The van der Waals surface area contributed by atoms with E-state index < -0.39 is 25.4 Å². The van der Waals surface area contributed by atoms with Crippen LogP contribution in [-0.4, -0.2) is 256 Å². The van der Waals surface area contributed by atoms with E-state index in [1.165, 1.54) is 37.3 Å². The smallest absolute Gasteiger partial charge is 0.401 e. The average molecular weight is 1700 g/mol. The van der Waals surface area contributed by atoms with Crippen molar-refractivity contribution in [1.29, 1.82) is 0 Å². The van der Waals surface area contributed by atoms with Gasteiger partial charge in [0.05, 0.1) is 19.3 Å². The van der Waals surface area contributed by atoms with Crippen molar-refractivity contribution in [3.05, 3.63) is 173 Å². The summed E-state index contributed by atoms with van der Waals surface area (Å²) in [6.45, 7) is 29.9. The van der Waals surface area contributed by atoms with Crippen LogP contribution in [0.25, 0.3) is 43.6 Å². The maximum atomic E-state index is 12.8. The van der Waals surface area contributed by atoms with E-state index >= 15 is 0 Å². The molecule has 7 N–H and O–H groups in total. The van der Waals surface area contributed by atoms with Gasteiger partial charge >= 0.3 is 12.4 Å². The molecule has 4 unspecified atom stereocenters. The van der Waals surface area contributed by atoms with Crippen LogP contribution in [0.5, 0.6) is 0 Å². The first-order valence-corrected chi connectivity index (χ1v) is 42.8. The number of ketones is 3. The zero-order chi connectivity index (χ0) is 86.6. The van der Waals surface area contributed by atoms with E-state index in [2.05, 4.69) is 189 Å². The van der Waals surface area contributed by atoms with Crippen molar-refractivity contribution in [1.82, 2.24) is 90.4 Å². The molecule has 4 aromatic carbocycles. The maximum Gasteiger partial charge on any atom is 0.401 e. The summed E-state index contributed by atoms with van der Waals surface area (Å²) in [5, 5.41) is 30.6. The number of carbonyl (C=O) groups is 4. The first-order chi connectivity index (χ1) is 58.2. The molecule has 12 aromatic rings. The fourth-order valence-electron chi connectivity index (χ4n) is 16.3. The molecule has 652 valence electrons. The SMILES string of the molecule is CC(CC(=O)c1cnc(N2CCN(C(C)(C)C)CC2)o1)Cc1c[nH]c2ccccc12.CC(CC(=O)c1nc(N2CCN(C(C)(C)C)CC2)n[nH]1)Cc1c[nH]c2ccccc12.CC(CC(=O)c1nc(N2CCN(CC(F)(F)F)CC2)n[nH]1)Cc1c[nH]c2ccccc12.CC(Cc1c[nH]c2ccccc12)NC(=O)c1nnc(N2CCN(CC(F)(F)F)CC2)s1. The number of alkyl halides is 6. The second-order valence-corrected chi connectivity index (χ2v) is 35.7. The number of fused-ring (bicyclic) bond motifs is 4. The number of hydrogen-bond donors (Lipinski definition) is 7. The van der Waals surface area contributed by atoms with E-state index in [0.29, 0.717) is 99.6 Å². The van der Waals surface area contributed by atoms with Crippen LogP contribution in [0.15, 0.2) is 132 Å². The normalized spacial score (nSPS) is 16.8. The second kappa shape index (κ2) is 39.1. The molecule has 27 nitrogen and oxygen atoms in total. The lowest BCUT2D eigenvalue weighted by molar-refractivity contribution is -0.147. The number of nitrogens with zero attached hydrogens (tertiary/aromatic N) is 15. The lowest BCUT2D eigenvalue weighted by atomic mass is 9.95. The molecular formula is C88H112F6N22O5S. The molecule has 0 aliphatic carbocycles. The molecule has 0 radical (unpaired) electrons. The summed E-state index contributed by atoms with van der Waals surface area (Å²) in [4.78, 5) is 92.7. The van der Waals surface area contributed by atoms with Crippen molar-refractivity contribution >= 4 is 101 Å². The van der Waals surface area contributed by atoms with Gasteiger partial charge in [0.2, 0.25) is 22.0 Å². The van der Waals surface area contributed by atoms with E-state index in [1.807, 2.05) is 97.9 Å². The highest BCUT2D eigenvalue weighted by Crippen LogP contribution is 2.31. The third-order valence-corrected chi connectivity index (χ3v) is 23.9. The molecular weight excluding hydrogens is 1590 g/mol. The molecule has 4 saturated heterocycles. The number of aromatic amines is 6. The van der Waals surface area contributed by atoms with E-state index in [1.54, 1.807) is 11.1 Å². The first-order valence-electron chi connectivity index (χ1n) is 42.0. The number of rotatable bonds is 25. The number of piperazine rings is 4. The van der Waals surface area contributed by atoms with Gasteiger partial charge in [0.15, 0.2) is 34.8 Å². The molecule has 1 amide bonds. The van der Waals surface area contributed by atoms with Gasteiger partial charge in [-0.25, -0.2) is 4.98 Å². The Morgan fingerprint density at radius 3 is 1.19 bits per heavy atom. The molecule has 0 spiro atoms. The Balaban J connectivity index is 0.000000140. The van der Waals surface area contributed by atoms with Gasteiger partial charge in [0.1, 0.15) is 0 Å². The molecule has 4 aliphatic heterocycles. The summed E-state index contributed by atoms with van der Waals surface area (Å²) in [6, 6.07) is 33.1. The predicted molar refractivity (Wildman–Crippen MR) is 465 cm³/mol. The number of carbonyl (C=O) groups excluding carboxylic acids is 4. The molecule has 122 heavy (non-hydrogen) atoms. The minimum absolute atomic E-state index is 0.0226. The van der Waals surface area contributed by atoms with Gasteiger partial charge in [0.25, 0.3) is 11.9 Å². The lowest BCUT2D eigenvalue weighted by Gasteiger charge is -2.41. The van der Waals surface area contributed by atoms with E-state index in [-0.39, 0.29) is 82.1 Å². The van der Waals surface area contributed by atoms with Crippen LogP contribution in [0.3, 0.4) is 0 Å². The van der Waals surface area contributed by atoms with E-state index in [4.69, 9.17) is 4.42 Å². The van der Waals surface area contributed by atoms with Gasteiger partial charge in [0, 0.05) is 209 Å². The maximum absolute atomic E-state index is 12.8. The molecule has 4 atom stereocenters. The number of para-hydroxylation sites is 4. The van der Waals surface area contributed by atoms with Crippen molar-refractivity contribution in [2.24, 2.45) is 17.8 Å². The van der Waals surface area contributed by atoms with Crippen LogP contribution in [0.4, 0.5) is 49.4 Å². The zero-order valence-corrected chi connectivity index (χ0v) is 71.9. The molecule has 8 aromatic heterocycles. The Kier molecular flexibility index (Phi) is 28.5. The Labute approximate surface area is 709 Å². The number of Topliss-reactive ketones (excluding diaryl/α,β-unsaturated/α-hetero) is 3. The molecule has 0 saturated carbocycles. The van der Waals surface area contributed by atoms with Crippen LogP contribution >= 0.6 is 11.3 Å². The Hall–Kier alpha value is -10.8. The number of benzene rings is 4. The van der Waals surface area contributed by atoms with Gasteiger partial charge in [-0.15, -0.1) is 20.4 Å². The fourth-order valence-corrected chi connectivity index (χ4v) is 17.1. The third kappa shape index (κ3) is 23.9. The minimum atomic E-state index is -4.20. The number of oxazole rings is 1. The minimum Gasteiger partial charge on any atom is -0.420 e. The van der Waals surface area contributed by atoms with E-state index in [0.717, 1.165) is 121 Å². The summed E-state index contributed by atoms with van der Waals surface area (Å²) < 4.78 is 81.0. The average Bonchev–Trinajstić information content (AvgIpc) is 1.48. The largest absolute Gasteiger partial charge is 0.420 e. The third-order valence-electron chi connectivity index (χ3n) is 22.9. The van der Waals surface area contributed by atoms with Crippen molar-refractivity contribution < 1.29 is 49.9 Å². The lowest BCUT2D eigenvalue weighted by Crippen LogP contribution is -2.53. The quantitative estimate of drug-likeness (QED) is 0.0207. The number of H-pyrrole nitrogens is 6. The summed E-state index contributed by atoms with van der Waals surface area (Å²) in [7, 11) is 0. The zero-order valence-electron chi connectivity index (χ0n) is 71.0. The molecule has 12 heterocycles. The molecule has 34 heteroatoms. The van der Waals surface area contributed by atoms with Crippen molar-refractivity contribution in [2.75, 3.05) is 137 Å². The topological polar surface area (TPSA) is 304 Å². The first kappa shape index (κ1) is 89.0. The predicted octanol–water partition coefficient (Wildman–Crippen LogP) is 14.7. The van der Waals surface area contributed by atoms with Gasteiger partial charge in [-0.1, -0.05) is 105 Å². The number of hydrogen-bond acceptors (Lipinski definition) is 21. The molecule has 4 fully saturated rings. The number of nitrogens with one attached hydrogen (secondary N) is 7. The van der Waals surface area contributed by atoms with E-state index in [9.17, 15) is 45.5 Å². The summed E-state index contributed by atoms with van der Waals surface area (Å²) >= 11 is 1.16. The van der Waals surface area contributed by atoms with Gasteiger partial charge in [-0.3, -0.25) is 49.0 Å². The summed E-state index contributed by atoms with van der Waals surface area (Å²) in [6.07, 6.45) is 5.60. The Morgan fingerprint density at radius 2 is 0.803 bits per heavy atom. The molecule has 4 aliphatic rings. The number of amides is 1. The highest BCUT2D eigenvalue weighted by atomic mass is 32.1. The Morgan fingerprint density at radius 1 is 0.451 bits per heavy atom. The van der Waals surface area contributed by atoms with Crippen LogP contribution in [0.2, 0.25) is 0 Å². The standard InChI is InChI=1S/C24H32N4O2.C23H32N6O.C21H25F3N6O.C20H23F3N6OS/c1-17(13-18-15-25-20-8-6-5-7-19(18)20)14-21(29)22-16-26-23(30-22)27-9-11-28(12-10-27)24(2,3)4;1-16(13-17-15-24-19-8-6-5-7-18(17)19)14-20(30)21-25-22(27-26-21)28-9-11-29(12-10-28)23(2,3)4;1-14(10-15-12-25-17-5-3-2-4-16(15)17)11-18(31)19-26-20(28-27-19)30-8-6-29(7-9-30)13-21(22,23)24;1-13(10-14-11-24-16-5-3-2-4-15(14)16)25-17(30)18-26-27-19(31-18)29-8-6-28(7-9-29)12-20(21,22)23/h5-8,15-17,25H,9-14H2,1-4H3;5-8,15-16,24H,9-14H2,1-4H3,(H,25,26,27);2-5,12,14,25H,6-11,13H2,1H3,(H,26,27,28);2-5,11,13,24H,6-10,12H2,1H3,(H,25,30). The van der Waals surface area contributed by atoms with Crippen LogP contribution in [-0.2, 0) is 25.7 Å². The number of aromatic nitrogens is 13. The summed E-state index contributed by atoms with van der Waals surface area (Å²) in [5.74, 6) is 2.11.